The Bertz CT molecular complexity index is 2380. The van der Waals surface area contributed by atoms with E-state index in [-0.39, 0.29) is 12.1 Å². The van der Waals surface area contributed by atoms with Crippen molar-refractivity contribution in [2.45, 2.75) is 51.7 Å². The first kappa shape index (κ1) is 30.8. The van der Waals surface area contributed by atoms with Gasteiger partial charge in [-0.15, -0.1) is 0 Å². The van der Waals surface area contributed by atoms with E-state index in [1.54, 1.807) is 0 Å². The zero-order chi connectivity index (χ0) is 33.3. The second-order valence-corrected chi connectivity index (χ2v) is 13.2. The lowest BCUT2D eigenvalue weighted by Crippen LogP contribution is -2.39. The second kappa shape index (κ2) is 13.2. The predicted octanol–water partition coefficient (Wildman–Crippen LogP) is 8.27. The maximum Gasteiger partial charge on any atom is 0.192 e. The summed E-state index contributed by atoms with van der Waals surface area (Å²) in [7, 11) is 0. The minimum Gasteiger partial charge on any atom is -0.464 e. The van der Waals surface area contributed by atoms with Gasteiger partial charge in [0, 0.05) is 27.0 Å². The third kappa shape index (κ3) is 5.70. The molecule has 2 heterocycles. The number of rotatable bonds is 7. The molecule has 1 N–H and O–H groups in total. The van der Waals surface area contributed by atoms with Crippen LogP contribution in [0.2, 0.25) is 0 Å². The van der Waals surface area contributed by atoms with Gasteiger partial charge >= 0.3 is 0 Å². The monoisotopic (exact) mass is 638 g/mol. The summed E-state index contributed by atoms with van der Waals surface area (Å²) in [5.41, 5.74) is 10.5. The normalized spacial score (nSPS) is 17.6. The molecule has 0 saturated heterocycles. The minimum absolute atomic E-state index is 0.190. The van der Waals surface area contributed by atoms with E-state index in [1.807, 2.05) is 6.08 Å². The van der Waals surface area contributed by atoms with Gasteiger partial charge < -0.3 is 14.6 Å². The zero-order valence-electron chi connectivity index (χ0n) is 28.3. The Balaban J connectivity index is 1.43. The second-order valence-electron chi connectivity index (χ2n) is 13.2. The van der Waals surface area contributed by atoms with Crippen molar-refractivity contribution in [1.29, 1.82) is 0 Å². The number of nitrogens with one attached hydrogen (secondary N) is 1. The molecular formula is C46H42N2O. The molecule has 49 heavy (non-hydrogen) atoms. The Labute approximate surface area is 288 Å². The van der Waals surface area contributed by atoms with Crippen molar-refractivity contribution >= 4 is 36.1 Å². The molecule has 0 fully saturated rings. The highest BCUT2D eigenvalue weighted by molar-refractivity contribution is 5.89. The van der Waals surface area contributed by atoms with Gasteiger partial charge in [0.15, 0.2) is 12.0 Å². The first-order chi connectivity index (χ1) is 24.1. The van der Waals surface area contributed by atoms with Crippen LogP contribution in [0.4, 0.5) is 5.69 Å². The van der Waals surface area contributed by atoms with Gasteiger partial charge in [-0.2, -0.15) is 0 Å². The van der Waals surface area contributed by atoms with E-state index >= 15 is 0 Å². The van der Waals surface area contributed by atoms with E-state index < -0.39 is 0 Å². The average molecular weight is 639 g/mol. The van der Waals surface area contributed by atoms with E-state index in [0.29, 0.717) is 0 Å². The smallest absolute Gasteiger partial charge is 0.192 e. The van der Waals surface area contributed by atoms with Gasteiger partial charge in [-0.1, -0.05) is 129 Å². The number of nitrogens with zero attached hydrogens (tertiary/aromatic N) is 1. The molecule has 0 bridgehead atoms. The Morgan fingerprint density at radius 3 is 2.43 bits per heavy atom. The SMILES string of the molecule is C=Cc1ccccc1-c1c(C)c(/C=c2\c(=C/C(C)c3ccccc3)c3c(n2-c2ccccc2)=CCCC=3)cc2c1OC(C1=CC=CCC1)N2. The zero-order valence-corrected chi connectivity index (χ0v) is 28.3. The number of hydrogen-bond acceptors (Lipinski definition) is 2. The Morgan fingerprint density at radius 1 is 0.898 bits per heavy atom. The highest BCUT2D eigenvalue weighted by Crippen LogP contribution is 2.47. The maximum atomic E-state index is 6.82. The number of ether oxygens (including phenoxy) is 1. The first-order valence-corrected chi connectivity index (χ1v) is 17.5. The topological polar surface area (TPSA) is 26.2 Å². The van der Waals surface area contributed by atoms with E-state index in [0.717, 1.165) is 59.4 Å². The van der Waals surface area contributed by atoms with Crippen molar-refractivity contribution in [3.63, 3.8) is 0 Å². The molecule has 3 aliphatic rings. The molecule has 242 valence electrons. The van der Waals surface area contributed by atoms with Crippen LogP contribution < -0.4 is 31.2 Å². The van der Waals surface area contributed by atoms with Gasteiger partial charge in [-0.3, -0.25) is 0 Å². The quantitative estimate of drug-likeness (QED) is 0.194. The van der Waals surface area contributed by atoms with Crippen LogP contribution in [-0.4, -0.2) is 10.8 Å². The molecule has 3 nitrogen and oxygen atoms in total. The molecule has 0 radical (unpaired) electrons. The molecule has 3 heteroatoms. The fourth-order valence-electron chi connectivity index (χ4n) is 7.61. The third-order valence-corrected chi connectivity index (χ3v) is 10.2. The summed E-state index contributed by atoms with van der Waals surface area (Å²) in [5.74, 6) is 1.15. The van der Waals surface area contributed by atoms with E-state index in [2.05, 4.69) is 164 Å². The molecular weight excluding hydrogens is 597 g/mol. The van der Waals surface area contributed by atoms with Crippen LogP contribution in [0.1, 0.15) is 60.8 Å². The van der Waals surface area contributed by atoms with Gasteiger partial charge in [0.2, 0.25) is 0 Å². The molecule has 1 aliphatic heterocycles. The van der Waals surface area contributed by atoms with Crippen LogP contribution >= 0.6 is 0 Å². The van der Waals surface area contributed by atoms with Crippen LogP contribution in [0.25, 0.3) is 47.2 Å². The largest absolute Gasteiger partial charge is 0.464 e. The highest BCUT2D eigenvalue weighted by atomic mass is 16.5. The standard InChI is InChI=1S/C46H42N2O/c1-4-33-18-14-15-25-38(33)44-32(3)36(29-41-45(44)49-46(47-41)35-21-10-6-11-22-35)30-43-40(28-31(2)34-19-8-5-9-20-34)39-26-16-17-27-42(39)48(43)37-23-12-7-13-24-37/h4-10,12-15,18-21,23-31,46-47H,1,11,16-17,22H2,2-3H3/b40-28-,43-30+. The van der Waals surface area contributed by atoms with Crippen molar-refractivity contribution in [2.24, 2.45) is 0 Å². The molecule has 4 aromatic carbocycles. The van der Waals surface area contributed by atoms with Gasteiger partial charge in [0.25, 0.3) is 0 Å². The van der Waals surface area contributed by atoms with Crippen molar-refractivity contribution in [2.75, 3.05) is 5.32 Å². The Kier molecular flexibility index (Phi) is 8.27. The number of anilines is 1. The number of hydrogen-bond donors (Lipinski definition) is 1. The lowest BCUT2D eigenvalue weighted by molar-refractivity contribution is 0.285. The number of para-hydroxylation sites is 1. The molecule has 1 aromatic heterocycles. The van der Waals surface area contributed by atoms with Crippen molar-refractivity contribution in [3.8, 4) is 22.6 Å². The minimum atomic E-state index is -0.190. The molecule has 0 spiro atoms. The van der Waals surface area contributed by atoms with Gasteiger partial charge in [0.1, 0.15) is 0 Å². The van der Waals surface area contributed by atoms with Crippen molar-refractivity contribution < 1.29 is 4.74 Å². The Morgan fingerprint density at radius 2 is 1.65 bits per heavy atom. The molecule has 2 unspecified atom stereocenters. The predicted molar refractivity (Wildman–Crippen MR) is 207 cm³/mol. The first-order valence-electron chi connectivity index (χ1n) is 17.5. The van der Waals surface area contributed by atoms with E-state index in [4.69, 9.17) is 4.74 Å². The summed E-state index contributed by atoms with van der Waals surface area (Å²) in [5, 5.41) is 8.83. The number of fused-ring (bicyclic) bond motifs is 2. The van der Waals surface area contributed by atoms with Crippen LogP contribution in [0.5, 0.6) is 5.75 Å². The van der Waals surface area contributed by atoms with Gasteiger partial charge in [0.05, 0.1) is 11.0 Å². The molecule has 2 atom stereocenters. The summed E-state index contributed by atoms with van der Waals surface area (Å²) in [6.07, 6.45) is 22.1. The fraction of sp³-hybridized carbons (Fsp3) is 0.174. The molecule has 2 aliphatic carbocycles. The molecule has 8 rings (SSSR count). The van der Waals surface area contributed by atoms with Crippen LogP contribution in [0.3, 0.4) is 0 Å². The summed E-state index contributed by atoms with van der Waals surface area (Å²) in [6.45, 7) is 8.72. The van der Waals surface area contributed by atoms with E-state index in [1.165, 1.54) is 43.5 Å². The van der Waals surface area contributed by atoms with Crippen LogP contribution in [0.15, 0.2) is 121 Å². The van der Waals surface area contributed by atoms with Crippen molar-refractivity contribution in [3.05, 3.63) is 165 Å². The van der Waals surface area contributed by atoms with E-state index in [9.17, 15) is 0 Å². The lowest BCUT2D eigenvalue weighted by atomic mass is 9.91. The summed E-state index contributed by atoms with van der Waals surface area (Å²) in [4.78, 5) is 0. The van der Waals surface area contributed by atoms with Gasteiger partial charge in [-0.25, -0.2) is 0 Å². The van der Waals surface area contributed by atoms with Gasteiger partial charge in [-0.05, 0) is 96.2 Å². The fourth-order valence-corrected chi connectivity index (χ4v) is 7.61. The van der Waals surface area contributed by atoms with Crippen molar-refractivity contribution in [1.82, 2.24) is 4.57 Å². The highest BCUT2D eigenvalue weighted by Gasteiger charge is 2.30. The summed E-state index contributed by atoms with van der Waals surface area (Å²) in [6, 6.07) is 32.4. The summed E-state index contributed by atoms with van der Waals surface area (Å²) < 4.78 is 9.28. The summed E-state index contributed by atoms with van der Waals surface area (Å²) >= 11 is 0. The maximum absolute atomic E-state index is 6.82. The number of benzene rings is 4. The average Bonchev–Trinajstić information content (AvgIpc) is 3.72. The Hall–Kier alpha value is -5.54. The number of allylic oxidation sites excluding steroid dienone is 3. The third-order valence-electron chi connectivity index (χ3n) is 10.2. The number of aromatic nitrogens is 1. The molecule has 5 aromatic rings. The van der Waals surface area contributed by atoms with Crippen LogP contribution in [-0.2, 0) is 0 Å². The molecule has 0 saturated carbocycles. The molecule has 0 amide bonds. The van der Waals surface area contributed by atoms with Crippen LogP contribution in [0, 0.1) is 6.92 Å². The lowest BCUT2D eigenvalue weighted by Gasteiger charge is -2.18.